The van der Waals surface area contributed by atoms with Crippen LogP contribution in [0.25, 0.3) is 12.2 Å². The summed E-state index contributed by atoms with van der Waals surface area (Å²) in [4.78, 5) is 0. The predicted octanol–water partition coefficient (Wildman–Crippen LogP) is 9.88. The Morgan fingerprint density at radius 1 is 0.500 bits per heavy atom. The molecule has 0 bridgehead atoms. The molecule has 0 heterocycles. The summed E-state index contributed by atoms with van der Waals surface area (Å²) in [6, 6.07) is 15.7. The Morgan fingerprint density at radius 3 is 1.31 bits per heavy atom. The Kier molecular flexibility index (Phi) is 12.3. The summed E-state index contributed by atoms with van der Waals surface area (Å²) in [5, 5.41) is 9.35. The van der Waals surface area contributed by atoms with E-state index in [1.54, 1.807) is 12.1 Å². The summed E-state index contributed by atoms with van der Waals surface area (Å²) < 4.78 is 0. The first kappa shape index (κ1) is 28.1. The van der Waals surface area contributed by atoms with E-state index >= 15 is 0 Å². The van der Waals surface area contributed by atoms with Gasteiger partial charge >= 0.3 is 0 Å². The van der Waals surface area contributed by atoms with Gasteiger partial charge in [0.15, 0.2) is 0 Å². The normalized spacial score (nSPS) is 14.5. The standard InChI is InChI=1S/C35H38O/c1-28(12-8-14-30(3)16-20-33-22-18-32(5)19-23-33)10-6-7-11-29(2)13-9-15-31(4)17-21-34-24-26-35(36)27-25-34/h6-27,36H,1-5H3/b7-6+,12-8+,13-9+,20-16+,21-17+,28-10+,29-11+,30-14+,31-15+. The van der Waals surface area contributed by atoms with Gasteiger partial charge < -0.3 is 5.11 Å². The smallest absolute Gasteiger partial charge is 0.115 e. The molecule has 0 spiro atoms. The minimum absolute atomic E-state index is 0.283. The molecule has 0 radical (unpaired) electrons. The molecule has 2 rings (SSSR count). The van der Waals surface area contributed by atoms with Crippen LogP contribution in [0.3, 0.4) is 0 Å². The van der Waals surface area contributed by atoms with E-state index in [4.69, 9.17) is 0 Å². The van der Waals surface area contributed by atoms with Crippen molar-refractivity contribution in [1.29, 1.82) is 0 Å². The monoisotopic (exact) mass is 474 g/mol. The summed E-state index contributed by atoms with van der Waals surface area (Å²) in [5.41, 5.74) is 8.29. The fraction of sp³-hybridized carbons (Fsp3) is 0.143. The van der Waals surface area contributed by atoms with E-state index in [9.17, 15) is 5.11 Å². The van der Waals surface area contributed by atoms with Crippen molar-refractivity contribution in [3.05, 3.63) is 160 Å². The highest BCUT2D eigenvalue weighted by molar-refractivity contribution is 5.54. The van der Waals surface area contributed by atoms with E-state index in [0.717, 1.165) is 11.1 Å². The molecule has 0 atom stereocenters. The lowest BCUT2D eigenvalue weighted by atomic mass is 10.1. The lowest BCUT2D eigenvalue weighted by molar-refractivity contribution is 0.475. The number of aryl methyl sites for hydroxylation is 1. The summed E-state index contributed by atoms with van der Waals surface area (Å²) in [5.74, 6) is 0.283. The topological polar surface area (TPSA) is 20.2 Å². The lowest BCUT2D eigenvalue weighted by Crippen LogP contribution is -1.74. The molecule has 2 aromatic carbocycles. The van der Waals surface area contributed by atoms with E-state index < -0.39 is 0 Å². The molecule has 0 aliphatic carbocycles. The van der Waals surface area contributed by atoms with Gasteiger partial charge in [0.25, 0.3) is 0 Å². The molecule has 0 amide bonds. The highest BCUT2D eigenvalue weighted by atomic mass is 16.3. The number of aromatic hydroxyl groups is 1. The first-order valence-corrected chi connectivity index (χ1v) is 12.3. The van der Waals surface area contributed by atoms with Gasteiger partial charge in [-0.25, -0.2) is 0 Å². The number of allylic oxidation sites excluding steroid dienone is 16. The van der Waals surface area contributed by atoms with Gasteiger partial charge in [-0.1, -0.05) is 149 Å². The second-order valence-electron chi connectivity index (χ2n) is 8.91. The molecule has 1 N–H and O–H groups in total. The van der Waals surface area contributed by atoms with Gasteiger partial charge in [0.1, 0.15) is 5.75 Å². The highest BCUT2D eigenvalue weighted by Gasteiger charge is 1.89. The van der Waals surface area contributed by atoms with Gasteiger partial charge in [0.2, 0.25) is 0 Å². The molecule has 0 saturated carbocycles. The summed E-state index contributed by atoms with van der Waals surface area (Å²) in [6.45, 7) is 10.5. The van der Waals surface area contributed by atoms with Crippen molar-refractivity contribution in [2.75, 3.05) is 0 Å². The molecular weight excluding hydrogens is 436 g/mol. The van der Waals surface area contributed by atoms with E-state index in [-0.39, 0.29) is 5.75 Å². The Morgan fingerprint density at radius 2 is 0.861 bits per heavy atom. The van der Waals surface area contributed by atoms with E-state index in [1.165, 1.54) is 27.8 Å². The van der Waals surface area contributed by atoms with Crippen molar-refractivity contribution in [1.82, 2.24) is 0 Å². The highest BCUT2D eigenvalue weighted by Crippen LogP contribution is 2.12. The Labute approximate surface area is 217 Å². The zero-order valence-corrected chi connectivity index (χ0v) is 22.1. The van der Waals surface area contributed by atoms with Gasteiger partial charge in [0.05, 0.1) is 0 Å². The molecule has 36 heavy (non-hydrogen) atoms. The van der Waals surface area contributed by atoms with Crippen molar-refractivity contribution >= 4 is 12.2 Å². The number of hydrogen-bond donors (Lipinski definition) is 1. The maximum Gasteiger partial charge on any atom is 0.115 e. The third-order valence-corrected chi connectivity index (χ3v) is 5.31. The summed E-state index contributed by atoms with van der Waals surface area (Å²) >= 11 is 0. The SMILES string of the molecule is CC(/C=C/C=C(C)/C=C/c1ccc(C)cc1)=C\C=C\C=C(C)\C=C\C=C(C)\C=C\c1ccc(O)cc1. The number of benzene rings is 2. The molecule has 2 aromatic rings. The predicted molar refractivity (Wildman–Crippen MR) is 160 cm³/mol. The van der Waals surface area contributed by atoms with Crippen LogP contribution in [-0.2, 0) is 0 Å². The van der Waals surface area contributed by atoms with Crippen molar-refractivity contribution in [3.63, 3.8) is 0 Å². The molecule has 1 heteroatoms. The van der Waals surface area contributed by atoms with E-state index in [2.05, 4.69) is 138 Å². The fourth-order valence-electron chi connectivity index (χ4n) is 3.06. The van der Waals surface area contributed by atoms with Gasteiger partial charge in [0, 0.05) is 0 Å². The van der Waals surface area contributed by atoms with Gasteiger partial charge in [-0.05, 0) is 57.9 Å². The van der Waals surface area contributed by atoms with Crippen LogP contribution in [0.15, 0.2) is 144 Å². The molecular formula is C35H38O. The van der Waals surface area contributed by atoms with Crippen molar-refractivity contribution < 1.29 is 5.11 Å². The van der Waals surface area contributed by atoms with Crippen LogP contribution >= 0.6 is 0 Å². The largest absolute Gasteiger partial charge is 0.508 e. The Hall–Kier alpha value is -4.10. The Bertz CT molecular complexity index is 1130. The average molecular weight is 475 g/mol. The fourth-order valence-corrected chi connectivity index (χ4v) is 3.06. The summed E-state index contributed by atoms with van der Waals surface area (Å²) in [7, 11) is 0. The second-order valence-corrected chi connectivity index (χ2v) is 8.91. The number of hydrogen-bond acceptors (Lipinski definition) is 1. The Balaban J connectivity index is 1.82. The van der Waals surface area contributed by atoms with Gasteiger partial charge in [-0.2, -0.15) is 0 Å². The van der Waals surface area contributed by atoms with Crippen LogP contribution in [0.1, 0.15) is 44.4 Å². The van der Waals surface area contributed by atoms with Crippen LogP contribution in [0.4, 0.5) is 0 Å². The maximum absolute atomic E-state index is 9.35. The van der Waals surface area contributed by atoms with Crippen molar-refractivity contribution in [2.24, 2.45) is 0 Å². The van der Waals surface area contributed by atoms with Crippen molar-refractivity contribution in [3.8, 4) is 5.75 Å². The minimum atomic E-state index is 0.283. The van der Waals surface area contributed by atoms with Crippen molar-refractivity contribution in [2.45, 2.75) is 34.6 Å². The van der Waals surface area contributed by atoms with Crippen LogP contribution in [0, 0.1) is 6.92 Å². The lowest BCUT2D eigenvalue weighted by Gasteiger charge is -1.95. The molecule has 1 nitrogen and oxygen atoms in total. The quantitative estimate of drug-likeness (QED) is 0.340. The first-order valence-electron chi connectivity index (χ1n) is 12.3. The van der Waals surface area contributed by atoms with E-state index in [0.29, 0.717) is 0 Å². The van der Waals surface area contributed by atoms with Gasteiger partial charge in [-0.3, -0.25) is 0 Å². The zero-order chi connectivity index (χ0) is 26.2. The van der Waals surface area contributed by atoms with Gasteiger partial charge in [-0.15, -0.1) is 0 Å². The van der Waals surface area contributed by atoms with Crippen LogP contribution in [0.5, 0.6) is 5.75 Å². The number of rotatable bonds is 10. The molecule has 0 aliphatic rings. The van der Waals surface area contributed by atoms with Crippen LogP contribution in [0.2, 0.25) is 0 Å². The minimum Gasteiger partial charge on any atom is -0.508 e. The molecule has 0 saturated heterocycles. The number of phenols is 1. The maximum atomic E-state index is 9.35. The molecule has 184 valence electrons. The second kappa shape index (κ2) is 15.7. The molecule has 0 fully saturated rings. The molecule has 0 unspecified atom stereocenters. The zero-order valence-electron chi connectivity index (χ0n) is 22.1. The van der Waals surface area contributed by atoms with Crippen LogP contribution < -0.4 is 0 Å². The van der Waals surface area contributed by atoms with E-state index in [1.807, 2.05) is 18.2 Å². The number of phenolic OH excluding ortho intramolecular Hbond substituents is 1. The van der Waals surface area contributed by atoms with Crippen LogP contribution in [-0.4, -0.2) is 5.11 Å². The third kappa shape index (κ3) is 12.4. The molecule has 0 aliphatic heterocycles. The average Bonchev–Trinajstić information content (AvgIpc) is 2.86. The first-order chi connectivity index (χ1) is 17.3. The summed E-state index contributed by atoms with van der Waals surface area (Å²) in [6.07, 6.45) is 29.2. The molecule has 0 aromatic heterocycles. The third-order valence-electron chi connectivity index (χ3n) is 5.31.